The second-order valence-electron chi connectivity index (χ2n) is 6.38. The number of hydrogen-bond acceptors (Lipinski definition) is 3. The van der Waals surface area contributed by atoms with E-state index in [1.807, 2.05) is 0 Å². The van der Waals surface area contributed by atoms with Crippen LogP contribution in [0.4, 0.5) is 0 Å². The number of nitrogens with zero attached hydrogens (tertiary/aromatic N) is 1. The van der Waals surface area contributed by atoms with Crippen LogP contribution in [-0.2, 0) is 12.0 Å². The summed E-state index contributed by atoms with van der Waals surface area (Å²) in [5.74, 6) is 1.11. The van der Waals surface area contributed by atoms with Crippen molar-refractivity contribution in [2.24, 2.45) is 5.73 Å². The van der Waals surface area contributed by atoms with Gasteiger partial charge in [0.25, 0.3) is 0 Å². The van der Waals surface area contributed by atoms with Gasteiger partial charge in [0, 0.05) is 18.5 Å². The highest BCUT2D eigenvalue weighted by molar-refractivity contribution is 5.47. The summed E-state index contributed by atoms with van der Waals surface area (Å²) in [6.07, 6.45) is 7.34. The molecule has 0 radical (unpaired) electrons. The van der Waals surface area contributed by atoms with Gasteiger partial charge in [0.1, 0.15) is 5.75 Å². The lowest BCUT2D eigenvalue weighted by atomic mass is 9.81. The maximum atomic E-state index is 6.33. The summed E-state index contributed by atoms with van der Waals surface area (Å²) in [6, 6.07) is 6.60. The Bertz CT molecular complexity index is 480. The maximum absolute atomic E-state index is 6.33. The van der Waals surface area contributed by atoms with E-state index in [1.165, 1.54) is 49.9 Å². The summed E-state index contributed by atoms with van der Waals surface area (Å²) in [5, 5.41) is 0. The topological polar surface area (TPSA) is 38.5 Å². The maximum Gasteiger partial charge on any atom is 0.127 e. The number of ether oxygens (including phenoxy) is 1. The molecular weight excluding hydrogens is 260 g/mol. The van der Waals surface area contributed by atoms with E-state index in [-0.39, 0.29) is 5.54 Å². The molecule has 2 aliphatic rings. The van der Waals surface area contributed by atoms with E-state index in [4.69, 9.17) is 10.5 Å². The zero-order valence-corrected chi connectivity index (χ0v) is 13.2. The molecule has 1 atom stereocenters. The monoisotopic (exact) mass is 288 g/mol. The third-order valence-electron chi connectivity index (χ3n) is 5.29. The molecule has 0 amide bonds. The molecule has 1 fully saturated rings. The molecule has 3 heteroatoms. The van der Waals surface area contributed by atoms with Crippen LogP contribution in [0.1, 0.15) is 50.2 Å². The van der Waals surface area contributed by atoms with Gasteiger partial charge in [-0.05, 0) is 37.9 Å². The Morgan fingerprint density at radius 1 is 1.19 bits per heavy atom. The zero-order chi connectivity index (χ0) is 14.7. The summed E-state index contributed by atoms with van der Waals surface area (Å²) in [6.45, 7) is 6.03. The van der Waals surface area contributed by atoms with Crippen molar-refractivity contribution in [3.05, 3.63) is 29.3 Å². The standard InChI is InChI=1S/C18H28N2O/c1-2-15-8-7-9-16-17(15)21-13-10-18(16,14-19)20-11-5-3-4-6-12-20/h7-9H,2-6,10-14,19H2,1H3. The Balaban J connectivity index is 2.03. The van der Waals surface area contributed by atoms with Gasteiger partial charge in [-0.1, -0.05) is 38.0 Å². The molecule has 1 unspecified atom stereocenters. The lowest BCUT2D eigenvalue weighted by Crippen LogP contribution is -2.54. The third kappa shape index (κ3) is 2.58. The number of nitrogens with two attached hydrogens (primary N) is 1. The van der Waals surface area contributed by atoms with E-state index in [1.54, 1.807) is 0 Å². The normalized spacial score (nSPS) is 26.8. The molecule has 0 saturated carbocycles. The summed E-state index contributed by atoms with van der Waals surface area (Å²) >= 11 is 0. The predicted molar refractivity (Wildman–Crippen MR) is 86.7 cm³/mol. The molecule has 2 N–H and O–H groups in total. The second kappa shape index (κ2) is 6.37. The van der Waals surface area contributed by atoms with Gasteiger partial charge >= 0.3 is 0 Å². The lowest BCUT2D eigenvalue weighted by molar-refractivity contribution is 0.0508. The van der Waals surface area contributed by atoms with Crippen molar-refractivity contribution in [2.75, 3.05) is 26.2 Å². The van der Waals surface area contributed by atoms with E-state index in [2.05, 4.69) is 30.0 Å². The van der Waals surface area contributed by atoms with Crippen molar-refractivity contribution in [2.45, 2.75) is 51.0 Å². The molecule has 2 aliphatic heterocycles. The van der Waals surface area contributed by atoms with E-state index in [0.29, 0.717) is 6.54 Å². The van der Waals surface area contributed by atoms with Gasteiger partial charge < -0.3 is 10.5 Å². The van der Waals surface area contributed by atoms with Crippen molar-refractivity contribution >= 4 is 0 Å². The SMILES string of the molecule is CCc1cccc2c1OCCC2(CN)N1CCCCCC1. The van der Waals surface area contributed by atoms with Crippen molar-refractivity contribution < 1.29 is 4.74 Å². The van der Waals surface area contributed by atoms with E-state index < -0.39 is 0 Å². The van der Waals surface area contributed by atoms with Gasteiger partial charge in [-0.3, -0.25) is 4.90 Å². The molecule has 1 aromatic carbocycles. The summed E-state index contributed by atoms with van der Waals surface area (Å²) in [4.78, 5) is 2.65. The number of para-hydroxylation sites is 1. The Morgan fingerprint density at radius 3 is 2.62 bits per heavy atom. The fourth-order valence-corrected chi connectivity index (χ4v) is 4.03. The highest BCUT2D eigenvalue weighted by Gasteiger charge is 2.42. The van der Waals surface area contributed by atoms with Crippen molar-refractivity contribution in [3.63, 3.8) is 0 Å². The van der Waals surface area contributed by atoms with Gasteiger partial charge in [-0.2, -0.15) is 0 Å². The van der Waals surface area contributed by atoms with Gasteiger partial charge in [0.2, 0.25) is 0 Å². The average Bonchev–Trinajstić information content (AvgIpc) is 2.83. The van der Waals surface area contributed by atoms with Crippen molar-refractivity contribution in [1.29, 1.82) is 0 Å². The van der Waals surface area contributed by atoms with Crippen LogP contribution in [0.25, 0.3) is 0 Å². The van der Waals surface area contributed by atoms with Crippen LogP contribution in [0, 0.1) is 0 Å². The van der Waals surface area contributed by atoms with E-state index in [0.717, 1.165) is 25.2 Å². The fraction of sp³-hybridized carbons (Fsp3) is 0.667. The average molecular weight is 288 g/mol. The number of rotatable bonds is 3. The molecule has 21 heavy (non-hydrogen) atoms. The molecule has 116 valence electrons. The van der Waals surface area contributed by atoms with Gasteiger partial charge in [-0.15, -0.1) is 0 Å². The minimum atomic E-state index is -0.0108. The minimum absolute atomic E-state index is 0.0108. The highest BCUT2D eigenvalue weighted by atomic mass is 16.5. The molecule has 1 aromatic rings. The quantitative estimate of drug-likeness (QED) is 0.929. The first kappa shape index (κ1) is 14.9. The molecule has 0 bridgehead atoms. The Kier molecular flexibility index (Phi) is 4.51. The smallest absolute Gasteiger partial charge is 0.127 e. The van der Waals surface area contributed by atoms with Crippen LogP contribution in [0.2, 0.25) is 0 Å². The first-order valence-corrected chi connectivity index (χ1v) is 8.52. The number of likely N-dealkylation sites (tertiary alicyclic amines) is 1. The molecule has 0 spiro atoms. The second-order valence-corrected chi connectivity index (χ2v) is 6.38. The van der Waals surface area contributed by atoms with Crippen LogP contribution in [-0.4, -0.2) is 31.1 Å². The molecule has 1 saturated heterocycles. The Morgan fingerprint density at radius 2 is 1.95 bits per heavy atom. The Labute approximate surface area is 128 Å². The number of fused-ring (bicyclic) bond motifs is 1. The van der Waals surface area contributed by atoms with Crippen LogP contribution >= 0.6 is 0 Å². The number of hydrogen-bond donors (Lipinski definition) is 1. The number of aryl methyl sites for hydroxylation is 1. The molecule has 0 aromatic heterocycles. The highest BCUT2D eigenvalue weighted by Crippen LogP contribution is 2.43. The Hall–Kier alpha value is -1.06. The minimum Gasteiger partial charge on any atom is -0.493 e. The van der Waals surface area contributed by atoms with Crippen LogP contribution < -0.4 is 10.5 Å². The third-order valence-corrected chi connectivity index (χ3v) is 5.29. The largest absolute Gasteiger partial charge is 0.493 e. The van der Waals surface area contributed by atoms with Crippen molar-refractivity contribution in [3.8, 4) is 5.75 Å². The van der Waals surface area contributed by atoms with Crippen molar-refractivity contribution in [1.82, 2.24) is 4.90 Å². The van der Waals surface area contributed by atoms with E-state index >= 15 is 0 Å². The molecule has 0 aliphatic carbocycles. The van der Waals surface area contributed by atoms with E-state index in [9.17, 15) is 0 Å². The lowest BCUT2D eigenvalue weighted by Gasteiger charge is -2.47. The summed E-state index contributed by atoms with van der Waals surface area (Å²) in [5.41, 5.74) is 8.97. The van der Waals surface area contributed by atoms with Gasteiger partial charge in [0.05, 0.1) is 12.1 Å². The first-order chi connectivity index (χ1) is 10.3. The van der Waals surface area contributed by atoms with Crippen LogP contribution in [0.5, 0.6) is 5.75 Å². The fourth-order valence-electron chi connectivity index (χ4n) is 4.03. The van der Waals surface area contributed by atoms with Crippen LogP contribution in [0.3, 0.4) is 0 Å². The molecular formula is C18H28N2O. The van der Waals surface area contributed by atoms with Gasteiger partial charge in [-0.25, -0.2) is 0 Å². The predicted octanol–water partition coefficient (Wildman–Crippen LogP) is 3.06. The number of benzene rings is 1. The van der Waals surface area contributed by atoms with Crippen LogP contribution in [0.15, 0.2) is 18.2 Å². The molecule has 3 nitrogen and oxygen atoms in total. The summed E-state index contributed by atoms with van der Waals surface area (Å²) < 4.78 is 6.04. The molecule has 3 rings (SSSR count). The van der Waals surface area contributed by atoms with Gasteiger partial charge in [0.15, 0.2) is 0 Å². The first-order valence-electron chi connectivity index (χ1n) is 8.52. The molecule has 2 heterocycles. The zero-order valence-electron chi connectivity index (χ0n) is 13.2. The summed E-state index contributed by atoms with van der Waals surface area (Å²) in [7, 11) is 0.